The number of carbonyl (C=O) groups excluding carboxylic acids is 2. The highest BCUT2D eigenvalue weighted by atomic mass is 35.5. The molecule has 0 radical (unpaired) electrons. The molecule has 0 aliphatic rings. The summed E-state index contributed by atoms with van der Waals surface area (Å²) in [5.74, 6) is -1.89. The Morgan fingerprint density at radius 1 is 1.21 bits per heavy atom. The number of nitrogens with one attached hydrogen (secondary N) is 1. The summed E-state index contributed by atoms with van der Waals surface area (Å²) in [6, 6.07) is 7.00. The number of nitro benzene ring substituents is 1. The molecule has 28 heavy (non-hydrogen) atoms. The second kappa shape index (κ2) is 8.26. The molecule has 2 aromatic carbocycles. The van der Waals surface area contributed by atoms with Gasteiger partial charge in [-0.2, -0.15) is 13.2 Å². The van der Waals surface area contributed by atoms with Crippen LogP contribution < -0.4 is 5.32 Å². The number of amides is 1. The van der Waals surface area contributed by atoms with Crippen LogP contribution in [0, 0.1) is 10.1 Å². The Bertz CT molecular complexity index is 933. The lowest BCUT2D eigenvalue weighted by Gasteiger charge is -2.15. The Kier molecular flexibility index (Phi) is 6.24. The number of ether oxygens (including phenoxy) is 1. The molecule has 1 unspecified atom stereocenters. The minimum Gasteiger partial charge on any atom is -0.449 e. The van der Waals surface area contributed by atoms with Gasteiger partial charge in [-0.05, 0) is 31.2 Å². The molecule has 11 heteroatoms. The zero-order valence-electron chi connectivity index (χ0n) is 14.1. The fourth-order valence-electron chi connectivity index (χ4n) is 2.08. The number of nitro groups is 1. The molecule has 1 amide bonds. The van der Waals surface area contributed by atoms with Crippen LogP contribution >= 0.6 is 11.6 Å². The summed E-state index contributed by atoms with van der Waals surface area (Å²) in [4.78, 5) is 34.1. The van der Waals surface area contributed by atoms with Crippen molar-refractivity contribution >= 4 is 34.9 Å². The van der Waals surface area contributed by atoms with Gasteiger partial charge in [-0.25, -0.2) is 4.79 Å². The minimum atomic E-state index is -4.58. The van der Waals surface area contributed by atoms with Crippen LogP contribution in [-0.4, -0.2) is 22.9 Å². The van der Waals surface area contributed by atoms with E-state index in [1.165, 1.54) is 13.0 Å². The van der Waals surface area contributed by atoms with E-state index in [2.05, 4.69) is 5.32 Å². The zero-order valence-corrected chi connectivity index (χ0v) is 14.9. The van der Waals surface area contributed by atoms with E-state index in [-0.39, 0.29) is 22.0 Å². The van der Waals surface area contributed by atoms with Crippen LogP contribution in [0.4, 0.5) is 24.5 Å². The Labute approximate surface area is 161 Å². The third-order valence-corrected chi connectivity index (χ3v) is 3.81. The van der Waals surface area contributed by atoms with Crippen molar-refractivity contribution in [2.75, 3.05) is 5.32 Å². The van der Waals surface area contributed by atoms with Gasteiger partial charge >= 0.3 is 12.1 Å². The third kappa shape index (κ3) is 5.19. The van der Waals surface area contributed by atoms with Crippen molar-refractivity contribution < 1.29 is 32.4 Å². The number of hydrogen-bond donors (Lipinski definition) is 1. The monoisotopic (exact) mass is 416 g/mol. The van der Waals surface area contributed by atoms with Gasteiger partial charge in [0.15, 0.2) is 6.10 Å². The van der Waals surface area contributed by atoms with E-state index in [0.29, 0.717) is 0 Å². The Morgan fingerprint density at radius 2 is 1.89 bits per heavy atom. The second-order valence-electron chi connectivity index (χ2n) is 5.54. The summed E-state index contributed by atoms with van der Waals surface area (Å²) < 4.78 is 43.0. The maximum absolute atomic E-state index is 12.7. The fourth-order valence-corrected chi connectivity index (χ4v) is 2.33. The number of esters is 1. The van der Waals surface area contributed by atoms with Crippen molar-refractivity contribution in [3.63, 3.8) is 0 Å². The number of halogens is 4. The maximum atomic E-state index is 12.7. The van der Waals surface area contributed by atoms with Gasteiger partial charge in [-0.3, -0.25) is 14.9 Å². The van der Waals surface area contributed by atoms with E-state index >= 15 is 0 Å². The summed E-state index contributed by atoms with van der Waals surface area (Å²) in [6.07, 6.45) is -5.95. The topological polar surface area (TPSA) is 98.5 Å². The number of non-ortho nitro benzene ring substituents is 1. The molecule has 0 saturated heterocycles. The SMILES string of the molecule is CC(OC(=O)c1ccc([N+](=O)[O-])cc1Cl)C(=O)Nc1cccc(C(F)(F)F)c1. The predicted octanol–water partition coefficient (Wildman–Crippen LogP) is 4.45. The molecule has 0 aliphatic carbocycles. The first kappa shape index (κ1) is 21.2. The van der Waals surface area contributed by atoms with Gasteiger partial charge in [-0.15, -0.1) is 0 Å². The first-order valence-electron chi connectivity index (χ1n) is 7.62. The van der Waals surface area contributed by atoms with Crippen molar-refractivity contribution in [1.29, 1.82) is 0 Å². The summed E-state index contributed by atoms with van der Waals surface area (Å²) in [5, 5.41) is 12.6. The van der Waals surface area contributed by atoms with Crippen molar-refractivity contribution in [2.24, 2.45) is 0 Å². The summed E-state index contributed by atoms with van der Waals surface area (Å²) >= 11 is 5.81. The van der Waals surface area contributed by atoms with Crippen LogP contribution in [0.3, 0.4) is 0 Å². The van der Waals surface area contributed by atoms with E-state index < -0.39 is 34.6 Å². The number of rotatable bonds is 5. The number of hydrogen-bond acceptors (Lipinski definition) is 5. The molecule has 0 bridgehead atoms. The van der Waals surface area contributed by atoms with Crippen LogP contribution in [0.2, 0.25) is 5.02 Å². The Hall–Kier alpha value is -3.14. The second-order valence-corrected chi connectivity index (χ2v) is 5.94. The van der Waals surface area contributed by atoms with Gasteiger partial charge in [0.05, 0.1) is 21.1 Å². The molecular formula is C17H12ClF3N2O5. The predicted molar refractivity (Wildman–Crippen MR) is 93.1 cm³/mol. The molecule has 1 atom stereocenters. The van der Waals surface area contributed by atoms with Crippen LogP contribution in [0.25, 0.3) is 0 Å². The molecule has 0 saturated carbocycles. The summed E-state index contributed by atoms with van der Waals surface area (Å²) in [7, 11) is 0. The van der Waals surface area contributed by atoms with Gasteiger partial charge in [0.25, 0.3) is 11.6 Å². The normalized spacial score (nSPS) is 12.2. The van der Waals surface area contributed by atoms with Gasteiger partial charge in [0, 0.05) is 17.8 Å². The molecule has 0 fully saturated rings. The highest BCUT2D eigenvalue weighted by Gasteiger charge is 2.30. The molecule has 0 spiro atoms. The quantitative estimate of drug-likeness (QED) is 0.441. The smallest absolute Gasteiger partial charge is 0.416 e. The van der Waals surface area contributed by atoms with E-state index in [0.717, 1.165) is 36.4 Å². The van der Waals surface area contributed by atoms with Crippen molar-refractivity contribution in [3.8, 4) is 0 Å². The minimum absolute atomic E-state index is 0.129. The van der Waals surface area contributed by atoms with Crippen LogP contribution in [0.15, 0.2) is 42.5 Å². The van der Waals surface area contributed by atoms with Gasteiger partial charge < -0.3 is 10.1 Å². The highest BCUT2D eigenvalue weighted by molar-refractivity contribution is 6.33. The molecule has 2 rings (SSSR count). The molecule has 0 heterocycles. The van der Waals surface area contributed by atoms with Crippen LogP contribution in [0.1, 0.15) is 22.8 Å². The molecule has 0 aromatic heterocycles. The Balaban J connectivity index is 2.06. The zero-order chi connectivity index (χ0) is 21.1. The van der Waals surface area contributed by atoms with Crippen LogP contribution in [0.5, 0.6) is 0 Å². The lowest BCUT2D eigenvalue weighted by atomic mass is 10.2. The molecule has 2 aromatic rings. The fraction of sp³-hybridized carbons (Fsp3) is 0.176. The van der Waals surface area contributed by atoms with E-state index in [4.69, 9.17) is 16.3 Å². The average Bonchev–Trinajstić information content (AvgIpc) is 2.60. The van der Waals surface area contributed by atoms with Gasteiger partial charge in [0.2, 0.25) is 0 Å². The number of alkyl halides is 3. The maximum Gasteiger partial charge on any atom is 0.416 e. The largest absolute Gasteiger partial charge is 0.449 e. The molecule has 0 aliphatic heterocycles. The number of carbonyl (C=O) groups is 2. The lowest BCUT2D eigenvalue weighted by molar-refractivity contribution is -0.384. The van der Waals surface area contributed by atoms with E-state index in [1.54, 1.807) is 0 Å². The first-order chi connectivity index (χ1) is 13.0. The summed E-state index contributed by atoms with van der Waals surface area (Å²) in [6.45, 7) is 1.21. The third-order valence-electron chi connectivity index (χ3n) is 3.49. The number of benzene rings is 2. The van der Waals surface area contributed by atoms with Gasteiger partial charge in [0.1, 0.15) is 0 Å². The standard InChI is InChI=1S/C17H12ClF3N2O5/c1-9(15(24)22-11-4-2-3-10(7-11)17(19,20)21)28-16(25)13-6-5-12(23(26)27)8-14(13)18/h2-9H,1H3,(H,22,24). The molecule has 7 nitrogen and oxygen atoms in total. The molecule has 148 valence electrons. The van der Waals surface area contributed by atoms with Crippen molar-refractivity contribution in [2.45, 2.75) is 19.2 Å². The Morgan fingerprint density at radius 3 is 2.46 bits per heavy atom. The molecular weight excluding hydrogens is 405 g/mol. The van der Waals surface area contributed by atoms with Crippen LogP contribution in [-0.2, 0) is 15.7 Å². The summed E-state index contributed by atoms with van der Waals surface area (Å²) in [5.41, 5.74) is -1.62. The number of anilines is 1. The van der Waals surface area contributed by atoms with Crippen molar-refractivity contribution in [1.82, 2.24) is 0 Å². The molecule has 1 N–H and O–H groups in total. The first-order valence-corrected chi connectivity index (χ1v) is 8.00. The van der Waals surface area contributed by atoms with Crippen molar-refractivity contribution in [3.05, 3.63) is 68.7 Å². The highest BCUT2D eigenvalue weighted by Crippen LogP contribution is 2.30. The van der Waals surface area contributed by atoms with E-state index in [1.807, 2.05) is 0 Å². The van der Waals surface area contributed by atoms with Gasteiger partial charge in [-0.1, -0.05) is 17.7 Å². The lowest BCUT2D eigenvalue weighted by Crippen LogP contribution is -2.30. The average molecular weight is 417 g/mol. The number of nitrogens with zero attached hydrogens (tertiary/aromatic N) is 1. The van der Waals surface area contributed by atoms with E-state index in [9.17, 15) is 32.9 Å².